The molecule has 0 saturated carbocycles. The normalized spacial score (nSPS) is 18.0. The number of nitrogens with one attached hydrogen (secondary N) is 2. The first-order valence-electron chi connectivity index (χ1n) is 11.7. The third kappa shape index (κ3) is 6.24. The molecule has 1 saturated heterocycles. The number of carbonyl (C=O) groups excluding carboxylic acids is 2. The molecule has 10 heteroatoms. The molecule has 3 aromatic rings. The number of rotatable bonds is 7. The minimum absolute atomic E-state index is 0.162. The summed E-state index contributed by atoms with van der Waals surface area (Å²) < 4.78 is 43.7. The van der Waals surface area contributed by atoms with Gasteiger partial charge in [-0.05, 0) is 49.1 Å². The van der Waals surface area contributed by atoms with E-state index in [1.54, 1.807) is 11.1 Å². The van der Waals surface area contributed by atoms with Crippen LogP contribution in [-0.2, 0) is 23.8 Å². The summed E-state index contributed by atoms with van der Waals surface area (Å²) in [5.41, 5.74) is -0.414. The zero-order chi connectivity index (χ0) is 25.6. The van der Waals surface area contributed by atoms with Crippen molar-refractivity contribution in [2.24, 2.45) is 5.41 Å². The molecule has 190 valence electrons. The lowest BCUT2D eigenvalue weighted by Gasteiger charge is -2.41. The summed E-state index contributed by atoms with van der Waals surface area (Å²) in [5, 5.41) is 5.64. The molecule has 2 aromatic carbocycles. The van der Waals surface area contributed by atoms with Crippen LogP contribution < -0.4 is 10.6 Å². The summed E-state index contributed by atoms with van der Waals surface area (Å²) in [6.07, 6.45) is 0.662. The van der Waals surface area contributed by atoms with Gasteiger partial charge in [0.1, 0.15) is 6.26 Å². The summed E-state index contributed by atoms with van der Waals surface area (Å²) in [4.78, 5) is 32.1. The van der Waals surface area contributed by atoms with Crippen molar-refractivity contribution in [3.8, 4) is 0 Å². The van der Waals surface area contributed by atoms with Gasteiger partial charge >= 0.3 is 12.2 Å². The molecule has 0 radical (unpaired) electrons. The topological polar surface area (TPSA) is 87.5 Å². The van der Waals surface area contributed by atoms with Gasteiger partial charge in [-0.15, -0.1) is 0 Å². The molecule has 7 nitrogen and oxygen atoms in total. The Morgan fingerprint density at radius 2 is 1.83 bits per heavy atom. The van der Waals surface area contributed by atoms with Gasteiger partial charge in [0.25, 0.3) is 0 Å². The molecule has 0 aliphatic carbocycles. The maximum absolute atomic E-state index is 13.5. The molecule has 2 heterocycles. The number of urea groups is 1. The summed E-state index contributed by atoms with van der Waals surface area (Å²) >= 11 is 0. The van der Waals surface area contributed by atoms with Gasteiger partial charge < -0.3 is 20.0 Å². The van der Waals surface area contributed by atoms with Crippen LogP contribution in [0.3, 0.4) is 0 Å². The Morgan fingerprint density at radius 3 is 2.50 bits per heavy atom. The van der Waals surface area contributed by atoms with E-state index in [9.17, 15) is 22.8 Å². The molecule has 1 aromatic heterocycles. The van der Waals surface area contributed by atoms with E-state index in [-0.39, 0.29) is 18.1 Å². The summed E-state index contributed by atoms with van der Waals surface area (Å²) in [6.45, 7) is 0.958. The molecular formula is C26H27F3N4O3. The number of benzene rings is 2. The Labute approximate surface area is 206 Å². The molecule has 0 bridgehead atoms. The Kier molecular flexibility index (Phi) is 7.61. The summed E-state index contributed by atoms with van der Waals surface area (Å²) in [7, 11) is 0. The quantitative estimate of drug-likeness (QED) is 0.483. The van der Waals surface area contributed by atoms with Crippen molar-refractivity contribution in [2.75, 3.05) is 25.0 Å². The van der Waals surface area contributed by atoms with Crippen LogP contribution in [0.4, 0.5) is 23.7 Å². The fraction of sp³-hybridized carbons (Fsp3) is 0.346. The van der Waals surface area contributed by atoms with E-state index in [1.807, 2.05) is 30.3 Å². The van der Waals surface area contributed by atoms with Crippen molar-refractivity contribution < 1.29 is 27.2 Å². The maximum atomic E-state index is 13.5. The van der Waals surface area contributed by atoms with Gasteiger partial charge in [-0.3, -0.25) is 4.79 Å². The third-order valence-corrected chi connectivity index (χ3v) is 6.30. The lowest BCUT2D eigenvalue weighted by molar-refractivity contribution is -0.137. The van der Waals surface area contributed by atoms with Crippen LogP contribution in [0.5, 0.6) is 0 Å². The van der Waals surface area contributed by atoms with E-state index in [0.717, 1.165) is 17.7 Å². The Balaban J connectivity index is 1.47. The highest BCUT2D eigenvalue weighted by atomic mass is 19.4. The smallest absolute Gasteiger partial charge is 0.416 e. The molecule has 1 unspecified atom stereocenters. The van der Waals surface area contributed by atoms with Crippen molar-refractivity contribution in [3.63, 3.8) is 0 Å². The van der Waals surface area contributed by atoms with Crippen molar-refractivity contribution in [3.05, 3.63) is 84.1 Å². The van der Waals surface area contributed by atoms with Gasteiger partial charge in [0, 0.05) is 31.7 Å². The number of hydrogen-bond acceptors (Lipinski definition) is 4. The lowest BCUT2D eigenvalue weighted by Crippen LogP contribution is -2.55. The molecule has 1 atom stereocenters. The molecule has 4 rings (SSSR count). The van der Waals surface area contributed by atoms with Crippen LogP contribution in [0.15, 0.2) is 71.5 Å². The van der Waals surface area contributed by atoms with Crippen molar-refractivity contribution in [1.29, 1.82) is 0 Å². The van der Waals surface area contributed by atoms with Crippen LogP contribution in [0, 0.1) is 5.41 Å². The van der Waals surface area contributed by atoms with E-state index in [1.165, 1.54) is 18.4 Å². The highest BCUT2D eigenvalue weighted by Crippen LogP contribution is 2.35. The second kappa shape index (κ2) is 10.8. The Hall–Kier alpha value is -3.82. The molecule has 1 aliphatic rings. The van der Waals surface area contributed by atoms with E-state index in [4.69, 9.17) is 4.42 Å². The minimum Gasteiger partial charge on any atom is -0.449 e. The van der Waals surface area contributed by atoms with Crippen LogP contribution in [0.1, 0.15) is 29.9 Å². The van der Waals surface area contributed by atoms with Crippen molar-refractivity contribution in [1.82, 2.24) is 15.2 Å². The Bertz CT molecular complexity index is 1150. The number of halogens is 3. The number of likely N-dealkylation sites (tertiary alicyclic amines) is 1. The first-order valence-corrected chi connectivity index (χ1v) is 11.7. The van der Waals surface area contributed by atoms with Gasteiger partial charge in [-0.2, -0.15) is 13.2 Å². The highest BCUT2D eigenvalue weighted by Gasteiger charge is 2.43. The number of piperidine rings is 1. The van der Waals surface area contributed by atoms with Crippen LogP contribution >= 0.6 is 0 Å². The SMILES string of the molecule is O=C(Nc1ccc(C(F)(F)F)cc1)N1CCCC(Cc2ccccc2)(C(=O)NCCc2ncco2)C1. The molecule has 3 amide bonds. The lowest BCUT2D eigenvalue weighted by atomic mass is 9.74. The number of nitrogens with zero attached hydrogens (tertiary/aromatic N) is 2. The minimum atomic E-state index is -4.45. The number of alkyl halides is 3. The first kappa shape index (κ1) is 25.3. The average Bonchev–Trinajstić information content (AvgIpc) is 3.38. The third-order valence-electron chi connectivity index (χ3n) is 6.30. The fourth-order valence-electron chi connectivity index (χ4n) is 4.49. The van der Waals surface area contributed by atoms with E-state index < -0.39 is 23.2 Å². The number of aromatic nitrogens is 1. The monoisotopic (exact) mass is 500 g/mol. The summed E-state index contributed by atoms with van der Waals surface area (Å²) in [6, 6.07) is 13.4. The van der Waals surface area contributed by atoms with Crippen molar-refractivity contribution in [2.45, 2.75) is 31.9 Å². The Morgan fingerprint density at radius 1 is 1.08 bits per heavy atom. The molecule has 36 heavy (non-hydrogen) atoms. The summed E-state index contributed by atoms with van der Waals surface area (Å²) in [5.74, 6) is 0.360. The van der Waals surface area contributed by atoms with Gasteiger partial charge in [0.15, 0.2) is 5.89 Å². The van der Waals surface area contributed by atoms with Crippen molar-refractivity contribution >= 4 is 17.6 Å². The van der Waals surface area contributed by atoms with E-state index in [0.29, 0.717) is 44.7 Å². The van der Waals surface area contributed by atoms with Gasteiger partial charge in [-0.25, -0.2) is 9.78 Å². The zero-order valence-corrected chi connectivity index (χ0v) is 19.6. The zero-order valence-electron chi connectivity index (χ0n) is 19.6. The second-order valence-electron chi connectivity index (χ2n) is 8.90. The molecular weight excluding hydrogens is 473 g/mol. The number of oxazole rings is 1. The predicted octanol–water partition coefficient (Wildman–Crippen LogP) is 4.91. The molecule has 0 spiro atoms. The largest absolute Gasteiger partial charge is 0.449 e. The number of carbonyl (C=O) groups is 2. The van der Waals surface area contributed by atoms with Gasteiger partial charge in [0.2, 0.25) is 5.91 Å². The maximum Gasteiger partial charge on any atom is 0.416 e. The second-order valence-corrected chi connectivity index (χ2v) is 8.90. The number of hydrogen-bond donors (Lipinski definition) is 2. The van der Waals surface area contributed by atoms with Crippen LogP contribution in [-0.4, -0.2) is 41.5 Å². The number of amides is 3. The van der Waals surface area contributed by atoms with Crippen LogP contribution in [0.25, 0.3) is 0 Å². The molecule has 1 aliphatic heterocycles. The van der Waals surface area contributed by atoms with E-state index in [2.05, 4.69) is 15.6 Å². The highest BCUT2D eigenvalue weighted by molar-refractivity contribution is 5.90. The van der Waals surface area contributed by atoms with E-state index >= 15 is 0 Å². The first-order chi connectivity index (χ1) is 17.2. The molecule has 1 fully saturated rings. The average molecular weight is 501 g/mol. The fourth-order valence-corrected chi connectivity index (χ4v) is 4.49. The standard InChI is InChI=1S/C26H27F3N4O3/c27-26(28,29)20-7-9-21(10-8-20)32-24(35)33-15-4-12-25(18-33,17-19-5-2-1-3-6-19)23(34)31-13-11-22-30-14-16-36-22/h1-3,5-10,14,16H,4,11-13,15,17-18H2,(H,31,34)(H,32,35). The van der Waals surface area contributed by atoms with Gasteiger partial charge in [-0.1, -0.05) is 30.3 Å². The number of anilines is 1. The predicted molar refractivity (Wildman–Crippen MR) is 127 cm³/mol. The molecule has 2 N–H and O–H groups in total. The van der Waals surface area contributed by atoms with Gasteiger partial charge in [0.05, 0.1) is 17.2 Å². The van der Waals surface area contributed by atoms with Crippen LogP contribution in [0.2, 0.25) is 0 Å².